The first-order valence-corrected chi connectivity index (χ1v) is 3.78. The lowest BCUT2D eigenvalue weighted by molar-refractivity contribution is -0.358. The number of aliphatic hydroxyl groups is 1. The van der Waals surface area contributed by atoms with E-state index in [-0.39, 0.29) is 5.23 Å². The van der Waals surface area contributed by atoms with Crippen LogP contribution in [0.4, 0.5) is 0 Å². The zero-order valence-corrected chi connectivity index (χ0v) is 6.91. The van der Waals surface area contributed by atoms with Crippen LogP contribution in [0.25, 0.3) is 6.08 Å². The minimum absolute atomic E-state index is 0.264. The quantitative estimate of drug-likeness (QED) is 0.482. The molecule has 4 heteroatoms. The van der Waals surface area contributed by atoms with Crippen molar-refractivity contribution in [2.75, 3.05) is 0 Å². The monoisotopic (exact) mass is 181 g/mol. The average Bonchev–Trinajstić information content (AvgIpc) is 2.15. The summed E-state index contributed by atoms with van der Waals surface area (Å²) in [5.74, 6) is 0. The van der Waals surface area contributed by atoms with Crippen LogP contribution in [0.3, 0.4) is 0 Å². The summed E-state index contributed by atoms with van der Waals surface area (Å²) < 4.78 is 0. The van der Waals surface area contributed by atoms with E-state index in [4.69, 9.17) is 15.5 Å². The number of hydroxylamine groups is 2. The Labute approximate surface area is 75.9 Å². The van der Waals surface area contributed by atoms with Gasteiger partial charge in [0.15, 0.2) is 6.23 Å². The van der Waals surface area contributed by atoms with E-state index in [1.54, 1.807) is 6.08 Å². The van der Waals surface area contributed by atoms with Crippen LogP contribution >= 0.6 is 0 Å². The van der Waals surface area contributed by atoms with Crippen LogP contribution in [0, 0.1) is 0 Å². The lowest BCUT2D eigenvalue weighted by Gasteiger charge is -2.09. The van der Waals surface area contributed by atoms with Crippen molar-refractivity contribution in [1.29, 1.82) is 0 Å². The summed E-state index contributed by atoms with van der Waals surface area (Å²) in [6, 6.07) is 9.24. The third kappa shape index (κ3) is 3.35. The summed E-state index contributed by atoms with van der Waals surface area (Å²) in [5.41, 5.74) is 0.878. The second-order valence-electron chi connectivity index (χ2n) is 2.50. The van der Waals surface area contributed by atoms with Crippen molar-refractivity contribution in [2.45, 2.75) is 6.23 Å². The Bertz CT molecular complexity index is 271. The molecule has 1 aromatic rings. The van der Waals surface area contributed by atoms with Crippen molar-refractivity contribution < 1.29 is 15.5 Å². The Morgan fingerprint density at radius 2 is 1.77 bits per heavy atom. The Kier molecular flexibility index (Phi) is 3.60. The van der Waals surface area contributed by atoms with E-state index in [0.717, 1.165) is 5.56 Å². The van der Waals surface area contributed by atoms with Gasteiger partial charge in [-0.15, -0.1) is 0 Å². The molecule has 0 radical (unpaired) electrons. The molecule has 0 amide bonds. The van der Waals surface area contributed by atoms with E-state index >= 15 is 0 Å². The van der Waals surface area contributed by atoms with Gasteiger partial charge in [-0.05, 0) is 16.9 Å². The zero-order valence-electron chi connectivity index (χ0n) is 6.91. The van der Waals surface area contributed by atoms with E-state index in [9.17, 15) is 0 Å². The average molecular weight is 181 g/mol. The molecule has 1 aromatic carbocycles. The first-order valence-electron chi connectivity index (χ1n) is 3.78. The maximum Gasteiger partial charge on any atom is 0.175 e. The van der Waals surface area contributed by atoms with Gasteiger partial charge in [0.2, 0.25) is 0 Å². The van der Waals surface area contributed by atoms with Gasteiger partial charge in [0.05, 0.1) is 0 Å². The molecule has 1 unspecified atom stereocenters. The largest absolute Gasteiger partial charge is 0.370 e. The lowest BCUT2D eigenvalue weighted by Crippen LogP contribution is -2.26. The predicted molar refractivity (Wildman–Crippen MR) is 46.9 cm³/mol. The Morgan fingerprint density at radius 3 is 2.31 bits per heavy atom. The van der Waals surface area contributed by atoms with Crippen molar-refractivity contribution in [3.63, 3.8) is 0 Å². The van der Waals surface area contributed by atoms with Gasteiger partial charge in [0.1, 0.15) is 0 Å². The second kappa shape index (κ2) is 4.74. The molecular formula is C9H11NO3. The summed E-state index contributed by atoms with van der Waals surface area (Å²) in [5, 5.41) is 25.4. The molecule has 0 saturated heterocycles. The second-order valence-corrected chi connectivity index (χ2v) is 2.50. The van der Waals surface area contributed by atoms with E-state index in [1.807, 2.05) is 30.3 Å². The van der Waals surface area contributed by atoms with E-state index < -0.39 is 6.23 Å². The number of rotatable bonds is 3. The first-order chi connectivity index (χ1) is 6.20. The highest BCUT2D eigenvalue weighted by Crippen LogP contribution is 2.02. The van der Waals surface area contributed by atoms with E-state index in [0.29, 0.717) is 0 Å². The maximum absolute atomic E-state index is 8.93. The fourth-order valence-electron chi connectivity index (χ4n) is 0.838. The van der Waals surface area contributed by atoms with Crippen molar-refractivity contribution in [3.8, 4) is 0 Å². The molecule has 0 saturated carbocycles. The molecule has 3 N–H and O–H groups in total. The summed E-state index contributed by atoms with van der Waals surface area (Å²) in [7, 11) is 0. The summed E-state index contributed by atoms with van der Waals surface area (Å²) in [6.07, 6.45) is 1.44. The highest BCUT2D eigenvalue weighted by molar-refractivity contribution is 5.48. The smallest absolute Gasteiger partial charge is 0.175 e. The summed E-state index contributed by atoms with van der Waals surface area (Å²) >= 11 is 0. The SMILES string of the molecule is OC(/C=C/c1ccccc1)N(O)O. The van der Waals surface area contributed by atoms with Gasteiger partial charge in [-0.1, -0.05) is 36.4 Å². The molecule has 0 aliphatic rings. The van der Waals surface area contributed by atoms with E-state index in [1.165, 1.54) is 6.08 Å². The Morgan fingerprint density at radius 1 is 1.15 bits per heavy atom. The van der Waals surface area contributed by atoms with Crippen LogP contribution < -0.4 is 0 Å². The fourth-order valence-corrected chi connectivity index (χ4v) is 0.838. The molecule has 1 rings (SSSR count). The third-order valence-corrected chi connectivity index (χ3v) is 1.50. The van der Waals surface area contributed by atoms with Crippen LogP contribution in [-0.4, -0.2) is 27.0 Å². The van der Waals surface area contributed by atoms with Gasteiger partial charge in [0.25, 0.3) is 0 Å². The topological polar surface area (TPSA) is 63.9 Å². The Balaban J connectivity index is 2.59. The molecule has 13 heavy (non-hydrogen) atoms. The third-order valence-electron chi connectivity index (χ3n) is 1.50. The number of nitrogens with zero attached hydrogens (tertiary/aromatic N) is 1. The molecule has 0 aliphatic heterocycles. The van der Waals surface area contributed by atoms with Gasteiger partial charge in [-0.25, -0.2) is 0 Å². The normalized spacial score (nSPS) is 13.8. The Hall–Kier alpha value is -1.20. The molecule has 0 bridgehead atoms. The number of hydrogen-bond donors (Lipinski definition) is 3. The molecule has 0 aromatic heterocycles. The number of benzene rings is 1. The van der Waals surface area contributed by atoms with Gasteiger partial charge < -0.3 is 5.11 Å². The lowest BCUT2D eigenvalue weighted by atomic mass is 10.2. The highest BCUT2D eigenvalue weighted by Gasteiger charge is 2.03. The minimum atomic E-state index is -1.40. The van der Waals surface area contributed by atoms with Crippen LogP contribution in [0.5, 0.6) is 0 Å². The predicted octanol–water partition coefficient (Wildman–Crippen LogP) is 1.10. The molecule has 0 fully saturated rings. The molecule has 0 heterocycles. The molecule has 4 nitrogen and oxygen atoms in total. The van der Waals surface area contributed by atoms with Crippen molar-refractivity contribution in [3.05, 3.63) is 42.0 Å². The van der Waals surface area contributed by atoms with Gasteiger partial charge >= 0.3 is 0 Å². The van der Waals surface area contributed by atoms with Crippen molar-refractivity contribution in [2.24, 2.45) is 0 Å². The van der Waals surface area contributed by atoms with Crippen LogP contribution in [0.2, 0.25) is 0 Å². The summed E-state index contributed by atoms with van der Waals surface area (Å²) in [4.78, 5) is 0. The van der Waals surface area contributed by atoms with Crippen LogP contribution in [-0.2, 0) is 0 Å². The maximum atomic E-state index is 8.93. The minimum Gasteiger partial charge on any atom is -0.370 e. The van der Waals surface area contributed by atoms with Crippen LogP contribution in [0.15, 0.2) is 36.4 Å². The van der Waals surface area contributed by atoms with Crippen molar-refractivity contribution >= 4 is 6.08 Å². The standard InChI is InChI=1S/C9H11NO3/c11-9(10(12)13)7-6-8-4-2-1-3-5-8/h1-7,9,11-13H/b7-6+. The number of hydrogen-bond acceptors (Lipinski definition) is 4. The van der Waals surface area contributed by atoms with Crippen LogP contribution in [0.1, 0.15) is 5.56 Å². The van der Waals surface area contributed by atoms with E-state index in [2.05, 4.69) is 0 Å². The van der Waals surface area contributed by atoms with Gasteiger partial charge in [-0.3, -0.25) is 10.4 Å². The zero-order chi connectivity index (χ0) is 9.68. The molecule has 70 valence electrons. The first kappa shape index (κ1) is 9.88. The molecule has 1 atom stereocenters. The molecule has 0 spiro atoms. The fraction of sp³-hybridized carbons (Fsp3) is 0.111. The molecular weight excluding hydrogens is 170 g/mol. The number of aliphatic hydroxyl groups excluding tert-OH is 1. The highest BCUT2D eigenvalue weighted by atomic mass is 16.8. The van der Waals surface area contributed by atoms with Gasteiger partial charge in [0, 0.05) is 0 Å². The van der Waals surface area contributed by atoms with Crippen molar-refractivity contribution in [1.82, 2.24) is 5.23 Å². The molecule has 0 aliphatic carbocycles. The van der Waals surface area contributed by atoms with Gasteiger partial charge in [-0.2, -0.15) is 0 Å². The summed E-state index contributed by atoms with van der Waals surface area (Å²) in [6.45, 7) is 0.